The van der Waals surface area contributed by atoms with Gasteiger partial charge in [-0.15, -0.1) is 0 Å². The number of hydrogen-bond donors (Lipinski definition) is 0. The minimum Gasteiger partial charge on any atom is -0.311 e. The van der Waals surface area contributed by atoms with Crippen LogP contribution in [0.4, 0.5) is 45.5 Å². The molecule has 2 heterocycles. The summed E-state index contributed by atoms with van der Waals surface area (Å²) in [5.41, 5.74) is 14.5. The number of hydrogen-bond acceptors (Lipinski definition) is 3. The lowest BCUT2D eigenvalue weighted by atomic mass is 9.33. The summed E-state index contributed by atoms with van der Waals surface area (Å²) >= 11 is 0. The van der Waals surface area contributed by atoms with E-state index in [2.05, 4.69) is 209 Å². The number of rotatable bonds is 6. The molecule has 0 radical (unpaired) electrons. The van der Waals surface area contributed by atoms with Crippen LogP contribution in [-0.2, 0) is 0 Å². The molecule has 0 unspecified atom stereocenters. The maximum atomic E-state index is 2.49. The van der Waals surface area contributed by atoms with Gasteiger partial charge in [0.1, 0.15) is 0 Å². The lowest BCUT2D eigenvalue weighted by Gasteiger charge is -2.45. The van der Waals surface area contributed by atoms with E-state index in [0.29, 0.717) is 0 Å². The third kappa shape index (κ3) is 6.19. The standard InChI is InChI=1S/C46H40BN3S.C2H6/c1-51(2,3)39-30-28-37(29-31-39)48(34-18-10-6-11-19-34)38-32-44-46-45(33-38)50(36-22-12-7-13-23-36)43-27-17-15-25-41(43)47(46)40-24-14-16-26-42(40)49(44)35-20-8-4-5-9-21-35;1-2/h4,6-33H,5H2,1-3H3;1-2H3. The van der Waals surface area contributed by atoms with Crippen LogP contribution >= 0.6 is 10.0 Å². The summed E-state index contributed by atoms with van der Waals surface area (Å²) < 4.78 is 0. The SMILES string of the molecule is CC.CS(C)(C)c1ccc(N(c2ccccc2)c2cc3c4c(c2)N(c2ccccc2)c2ccccc2B4c2ccccc2N3C2=CC=CCC=C2)cc1. The Morgan fingerprint density at radius 2 is 1.09 bits per heavy atom. The lowest BCUT2D eigenvalue weighted by Crippen LogP contribution is -2.61. The molecule has 0 atom stereocenters. The third-order valence-corrected chi connectivity index (χ3v) is 11.9. The third-order valence-electron chi connectivity index (χ3n) is 10.2. The zero-order valence-electron chi connectivity index (χ0n) is 31.3. The minimum absolute atomic E-state index is 0.0813. The van der Waals surface area contributed by atoms with Gasteiger partial charge in [0, 0.05) is 45.5 Å². The molecule has 3 aliphatic rings. The number of fused-ring (bicyclic) bond motifs is 4. The van der Waals surface area contributed by atoms with Gasteiger partial charge in [0.2, 0.25) is 0 Å². The predicted molar refractivity (Wildman–Crippen MR) is 235 cm³/mol. The molecule has 0 N–H and O–H groups in total. The van der Waals surface area contributed by atoms with E-state index in [1.54, 1.807) is 0 Å². The van der Waals surface area contributed by atoms with E-state index in [1.807, 2.05) is 13.8 Å². The van der Waals surface area contributed by atoms with E-state index < -0.39 is 10.0 Å². The molecule has 53 heavy (non-hydrogen) atoms. The molecular formula is C48H46BN3S. The summed E-state index contributed by atoms with van der Waals surface area (Å²) in [7, 11) is -0.863. The van der Waals surface area contributed by atoms with Crippen molar-refractivity contribution in [2.75, 3.05) is 33.5 Å². The molecule has 3 nitrogen and oxygen atoms in total. The van der Waals surface area contributed by atoms with Gasteiger partial charge in [0.05, 0.1) is 5.69 Å². The quantitative estimate of drug-likeness (QED) is 0.159. The van der Waals surface area contributed by atoms with Crippen LogP contribution in [0, 0.1) is 0 Å². The van der Waals surface area contributed by atoms with E-state index >= 15 is 0 Å². The highest BCUT2D eigenvalue weighted by molar-refractivity contribution is 8.32. The maximum Gasteiger partial charge on any atom is 0.252 e. The van der Waals surface area contributed by atoms with Crippen LogP contribution in [0.5, 0.6) is 0 Å². The lowest BCUT2D eigenvalue weighted by molar-refractivity contribution is 1.19. The first-order valence-corrected chi connectivity index (χ1v) is 21.5. The Morgan fingerprint density at radius 1 is 0.547 bits per heavy atom. The minimum atomic E-state index is -0.863. The summed E-state index contributed by atoms with van der Waals surface area (Å²) in [4.78, 5) is 8.80. The van der Waals surface area contributed by atoms with Crippen LogP contribution < -0.4 is 31.1 Å². The second kappa shape index (κ2) is 14.4. The van der Waals surface area contributed by atoms with Gasteiger partial charge in [0.25, 0.3) is 6.71 Å². The molecule has 0 spiro atoms. The van der Waals surface area contributed by atoms with Crippen LogP contribution in [0.15, 0.2) is 187 Å². The largest absolute Gasteiger partial charge is 0.311 e. The molecule has 0 amide bonds. The van der Waals surface area contributed by atoms with Crippen LogP contribution in [-0.4, -0.2) is 25.5 Å². The molecule has 0 bridgehead atoms. The maximum absolute atomic E-state index is 2.49. The zero-order chi connectivity index (χ0) is 36.5. The van der Waals surface area contributed by atoms with E-state index in [4.69, 9.17) is 0 Å². The van der Waals surface area contributed by atoms with Crippen molar-refractivity contribution in [2.24, 2.45) is 0 Å². The summed E-state index contributed by atoms with van der Waals surface area (Å²) in [6.45, 7) is 4.08. The van der Waals surface area contributed by atoms with Crippen molar-refractivity contribution >= 4 is 78.6 Å². The summed E-state index contributed by atoms with van der Waals surface area (Å²) in [5, 5.41) is 0. The Kier molecular flexibility index (Phi) is 9.36. The summed E-state index contributed by atoms with van der Waals surface area (Å²) in [6, 6.07) is 53.7. The number of benzene rings is 6. The Labute approximate surface area is 317 Å². The van der Waals surface area contributed by atoms with E-state index in [1.165, 1.54) is 44.0 Å². The van der Waals surface area contributed by atoms with Crippen molar-refractivity contribution in [2.45, 2.75) is 25.2 Å². The van der Waals surface area contributed by atoms with Crippen molar-refractivity contribution < 1.29 is 0 Å². The molecule has 5 heteroatoms. The predicted octanol–water partition coefficient (Wildman–Crippen LogP) is 11.4. The molecule has 0 saturated carbocycles. The second-order valence-corrected chi connectivity index (χ2v) is 18.3. The van der Waals surface area contributed by atoms with Crippen molar-refractivity contribution in [1.29, 1.82) is 0 Å². The highest BCUT2D eigenvalue weighted by Gasteiger charge is 2.43. The highest BCUT2D eigenvalue weighted by atomic mass is 32.3. The van der Waals surface area contributed by atoms with Crippen molar-refractivity contribution in [3.63, 3.8) is 0 Å². The molecule has 0 fully saturated rings. The zero-order valence-corrected chi connectivity index (χ0v) is 32.1. The molecule has 262 valence electrons. The van der Waals surface area contributed by atoms with Gasteiger partial charge in [-0.25, -0.2) is 10.0 Å². The van der Waals surface area contributed by atoms with Crippen LogP contribution in [0.3, 0.4) is 0 Å². The monoisotopic (exact) mass is 707 g/mol. The molecule has 0 aromatic heterocycles. The molecule has 6 aromatic carbocycles. The number of allylic oxidation sites excluding steroid dienone is 5. The van der Waals surface area contributed by atoms with Crippen molar-refractivity contribution in [3.05, 3.63) is 182 Å². The first-order chi connectivity index (χ1) is 26.0. The fourth-order valence-corrected chi connectivity index (χ4v) is 8.84. The molecule has 2 aliphatic heterocycles. The van der Waals surface area contributed by atoms with Crippen LogP contribution in [0.2, 0.25) is 0 Å². The second-order valence-electron chi connectivity index (χ2n) is 14.1. The molecule has 1 aliphatic carbocycles. The van der Waals surface area contributed by atoms with Gasteiger partial charge in [0.15, 0.2) is 0 Å². The van der Waals surface area contributed by atoms with E-state index in [9.17, 15) is 0 Å². The number of anilines is 8. The van der Waals surface area contributed by atoms with Gasteiger partial charge in [-0.05, 0) is 131 Å². The molecule has 0 saturated heterocycles. The average molecular weight is 708 g/mol. The molecule has 6 aromatic rings. The van der Waals surface area contributed by atoms with Gasteiger partial charge in [-0.2, -0.15) is 0 Å². The Bertz CT molecular complexity index is 2340. The fourth-order valence-electron chi connectivity index (χ4n) is 7.89. The van der Waals surface area contributed by atoms with Gasteiger partial charge in [-0.3, -0.25) is 0 Å². The number of para-hydroxylation sites is 4. The number of nitrogens with zero attached hydrogens (tertiary/aromatic N) is 3. The van der Waals surface area contributed by atoms with Crippen LogP contribution in [0.25, 0.3) is 0 Å². The fraction of sp³-hybridized carbons (Fsp3) is 0.125. The Balaban J connectivity index is 0.00000197. The summed E-state index contributed by atoms with van der Waals surface area (Å²) in [5.74, 6) is 0. The van der Waals surface area contributed by atoms with Gasteiger partial charge >= 0.3 is 0 Å². The Morgan fingerprint density at radius 3 is 1.74 bits per heavy atom. The summed E-state index contributed by atoms with van der Waals surface area (Å²) in [6.07, 6.45) is 19.2. The van der Waals surface area contributed by atoms with Gasteiger partial charge < -0.3 is 14.7 Å². The van der Waals surface area contributed by atoms with Gasteiger partial charge in [-0.1, -0.05) is 105 Å². The van der Waals surface area contributed by atoms with E-state index in [0.717, 1.165) is 34.9 Å². The smallest absolute Gasteiger partial charge is 0.252 e. The normalized spacial score (nSPS) is 14.2. The van der Waals surface area contributed by atoms with Crippen molar-refractivity contribution in [3.8, 4) is 0 Å². The van der Waals surface area contributed by atoms with Crippen molar-refractivity contribution in [1.82, 2.24) is 0 Å². The first-order valence-electron chi connectivity index (χ1n) is 18.7. The molecular weight excluding hydrogens is 661 g/mol. The first kappa shape index (κ1) is 34.4. The van der Waals surface area contributed by atoms with Crippen LogP contribution in [0.1, 0.15) is 20.3 Å². The molecule has 9 rings (SSSR count). The van der Waals surface area contributed by atoms with E-state index in [-0.39, 0.29) is 6.71 Å². The highest BCUT2D eigenvalue weighted by Crippen LogP contribution is 2.49. The average Bonchev–Trinajstić information content (AvgIpc) is 3.49. The topological polar surface area (TPSA) is 9.72 Å². The Hall–Kier alpha value is -5.65.